The molecule has 0 bridgehead atoms. The summed E-state index contributed by atoms with van der Waals surface area (Å²) in [5, 5.41) is 1.84. The molecule has 4 N–H and O–H groups in total. The van der Waals surface area contributed by atoms with Gasteiger partial charge < -0.3 is 25.5 Å². The van der Waals surface area contributed by atoms with Crippen molar-refractivity contribution in [1.29, 1.82) is 0 Å². The molecule has 0 saturated carbocycles. The van der Waals surface area contributed by atoms with Crippen molar-refractivity contribution in [2.24, 2.45) is 0 Å². The largest absolute Gasteiger partial charge is 0.454 e. The molecule has 0 radical (unpaired) electrons. The first-order valence-corrected chi connectivity index (χ1v) is 7.88. The highest BCUT2D eigenvalue weighted by Crippen LogP contribution is 2.34. The molecule has 3 heterocycles. The topological polar surface area (TPSA) is 101 Å². The molecule has 0 aliphatic carbocycles. The van der Waals surface area contributed by atoms with Gasteiger partial charge in [0, 0.05) is 23.6 Å². The van der Waals surface area contributed by atoms with Gasteiger partial charge >= 0.3 is 0 Å². The highest BCUT2D eigenvalue weighted by atomic mass is 16.7. The quantitative estimate of drug-likeness (QED) is 0.584. The average molecular weight is 333 g/mol. The van der Waals surface area contributed by atoms with Crippen LogP contribution in [-0.4, -0.2) is 21.3 Å². The molecule has 1 aliphatic heterocycles. The van der Waals surface area contributed by atoms with Crippen molar-refractivity contribution in [1.82, 2.24) is 14.5 Å². The maximum atomic E-state index is 6.08. The molecule has 25 heavy (non-hydrogen) atoms. The van der Waals surface area contributed by atoms with E-state index in [1.807, 2.05) is 42.6 Å². The lowest BCUT2D eigenvalue weighted by Crippen LogP contribution is -2.01. The molecule has 124 valence electrons. The first-order valence-electron chi connectivity index (χ1n) is 7.88. The third-order valence-electron chi connectivity index (χ3n) is 4.45. The number of benzene rings is 2. The van der Waals surface area contributed by atoms with Crippen LogP contribution < -0.4 is 20.9 Å². The molecule has 0 saturated heterocycles. The standard InChI is InChI=1S/C18H15N5O2/c19-17-16-11-5-6-23(13(11)3-2-12(16)21-18(20)22-17)8-10-1-4-14-15(7-10)25-9-24-14/h1-7H,8-9H2,(H4,19,20,21,22). The summed E-state index contributed by atoms with van der Waals surface area (Å²) in [5.41, 5.74) is 14.7. The molecule has 7 heteroatoms. The van der Waals surface area contributed by atoms with E-state index in [0.717, 1.165) is 38.9 Å². The molecule has 0 unspecified atom stereocenters. The van der Waals surface area contributed by atoms with Crippen LogP contribution in [0, 0.1) is 0 Å². The van der Waals surface area contributed by atoms with Crippen LogP contribution in [0.25, 0.3) is 21.8 Å². The fourth-order valence-electron chi connectivity index (χ4n) is 3.32. The first-order chi connectivity index (χ1) is 12.2. The van der Waals surface area contributed by atoms with Crippen LogP contribution in [0.4, 0.5) is 11.8 Å². The van der Waals surface area contributed by atoms with Crippen LogP contribution in [0.1, 0.15) is 5.56 Å². The van der Waals surface area contributed by atoms with Crippen molar-refractivity contribution in [3.63, 3.8) is 0 Å². The molecule has 5 rings (SSSR count). The van der Waals surface area contributed by atoms with Crippen LogP contribution in [-0.2, 0) is 6.54 Å². The zero-order valence-electron chi connectivity index (χ0n) is 13.3. The summed E-state index contributed by atoms with van der Waals surface area (Å²) < 4.78 is 13.0. The highest BCUT2D eigenvalue weighted by Gasteiger charge is 2.14. The molecule has 0 atom stereocenters. The minimum atomic E-state index is 0.184. The number of hydrogen-bond donors (Lipinski definition) is 2. The number of nitrogen functional groups attached to an aromatic ring is 2. The van der Waals surface area contributed by atoms with Crippen molar-refractivity contribution < 1.29 is 9.47 Å². The molecule has 0 amide bonds. The summed E-state index contributed by atoms with van der Waals surface area (Å²) in [5.74, 6) is 2.15. The van der Waals surface area contributed by atoms with E-state index in [-0.39, 0.29) is 12.7 Å². The van der Waals surface area contributed by atoms with Gasteiger partial charge in [0.15, 0.2) is 11.5 Å². The van der Waals surface area contributed by atoms with Gasteiger partial charge in [0.1, 0.15) is 5.82 Å². The fraction of sp³-hybridized carbons (Fsp3) is 0.111. The second-order valence-electron chi connectivity index (χ2n) is 5.99. The smallest absolute Gasteiger partial charge is 0.231 e. The Labute approximate surface area is 142 Å². The van der Waals surface area contributed by atoms with E-state index in [9.17, 15) is 0 Å². The van der Waals surface area contributed by atoms with E-state index in [4.69, 9.17) is 20.9 Å². The molecular weight excluding hydrogens is 318 g/mol. The van der Waals surface area contributed by atoms with Crippen LogP contribution in [0.15, 0.2) is 42.6 Å². The monoisotopic (exact) mass is 333 g/mol. The Balaban J connectivity index is 1.62. The number of rotatable bonds is 2. The van der Waals surface area contributed by atoms with Gasteiger partial charge in [0.25, 0.3) is 0 Å². The number of fused-ring (bicyclic) bond motifs is 4. The molecule has 1 aliphatic rings. The lowest BCUT2D eigenvalue weighted by Gasteiger charge is -2.08. The zero-order valence-corrected chi connectivity index (χ0v) is 13.3. The number of anilines is 2. The van der Waals surface area contributed by atoms with Gasteiger partial charge in [-0.2, -0.15) is 4.98 Å². The Kier molecular flexibility index (Phi) is 2.79. The summed E-state index contributed by atoms with van der Waals surface area (Å²) in [6, 6.07) is 12.0. The Morgan fingerprint density at radius 1 is 1.00 bits per heavy atom. The van der Waals surface area contributed by atoms with Crippen molar-refractivity contribution in [2.75, 3.05) is 18.3 Å². The Hall–Kier alpha value is -3.48. The number of hydrogen-bond acceptors (Lipinski definition) is 6. The number of nitrogens with zero attached hydrogens (tertiary/aromatic N) is 3. The van der Waals surface area contributed by atoms with Gasteiger partial charge in [-0.3, -0.25) is 0 Å². The van der Waals surface area contributed by atoms with E-state index in [1.165, 1.54) is 0 Å². The summed E-state index contributed by atoms with van der Waals surface area (Å²) >= 11 is 0. The summed E-state index contributed by atoms with van der Waals surface area (Å²) in [6.07, 6.45) is 2.03. The number of nitrogens with two attached hydrogens (primary N) is 2. The van der Waals surface area contributed by atoms with Crippen molar-refractivity contribution in [3.8, 4) is 11.5 Å². The molecule has 0 spiro atoms. The normalized spacial score (nSPS) is 13.0. The summed E-state index contributed by atoms with van der Waals surface area (Å²) in [6.45, 7) is 0.987. The zero-order chi connectivity index (χ0) is 17.0. The lowest BCUT2D eigenvalue weighted by atomic mass is 10.1. The average Bonchev–Trinajstić information content (AvgIpc) is 3.21. The van der Waals surface area contributed by atoms with Crippen molar-refractivity contribution in [2.45, 2.75) is 6.54 Å². The number of ether oxygens (including phenoxy) is 2. The maximum Gasteiger partial charge on any atom is 0.231 e. The summed E-state index contributed by atoms with van der Waals surface area (Å²) in [4.78, 5) is 8.36. The second-order valence-corrected chi connectivity index (χ2v) is 5.99. The minimum absolute atomic E-state index is 0.184. The maximum absolute atomic E-state index is 6.08. The Morgan fingerprint density at radius 3 is 2.80 bits per heavy atom. The molecule has 2 aromatic carbocycles. The second kappa shape index (κ2) is 5.01. The van der Waals surface area contributed by atoms with Gasteiger partial charge in [-0.1, -0.05) is 6.07 Å². The van der Waals surface area contributed by atoms with E-state index in [1.54, 1.807) is 0 Å². The van der Waals surface area contributed by atoms with Gasteiger partial charge in [0.2, 0.25) is 12.7 Å². The SMILES string of the molecule is Nc1nc(N)c2c(ccc3c2ccn3Cc2ccc3c(c2)OCO3)n1. The highest BCUT2D eigenvalue weighted by molar-refractivity contribution is 6.10. The molecule has 7 nitrogen and oxygen atoms in total. The first kappa shape index (κ1) is 13.9. The fourth-order valence-corrected chi connectivity index (χ4v) is 3.32. The molecule has 0 fully saturated rings. The van der Waals surface area contributed by atoms with Crippen LogP contribution in [0.3, 0.4) is 0 Å². The van der Waals surface area contributed by atoms with Gasteiger partial charge in [-0.25, -0.2) is 4.98 Å². The van der Waals surface area contributed by atoms with Gasteiger partial charge in [-0.05, 0) is 35.9 Å². The molecular formula is C18H15N5O2. The molecule has 2 aromatic heterocycles. The van der Waals surface area contributed by atoms with Crippen molar-refractivity contribution in [3.05, 3.63) is 48.2 Å². The van der Waals surface area contributed by atoms with E-state index in [2.05, 4.69) is 14.5 Å². The van der Waals surface area contributed by atoms with Gasteiger partial charge in [-0.15, -0.1) is 0 Å². The van der Waals surface area contributed by atoms with E-state index >= 15 is 0 Å². The van der Waals surface area contributed by atoms with Crippen LogP contribution >= 0.6 is 0 Å². The Morgan fingerprint density at radius 2 is 1.88 bits per heavy atom. The third-order valence-corrected chi connectivity index (χ3v) is 4.45. The minimum Gasteiger partial charge on any atom is -0.454 e. The van der Waals surface area contributed by atoms with E-state index < -0.39 is 0 Å². The van der Waals surface area contributed by atoms with Crippen LogP contribution in [0.5, 0.6) is 11.5 Å². The third kappa shape index (κ3) is 2.13. The van der Waals surface area contributed by atoms with Crippen LogP contribution in [0.2, 0.25) is 0 Å². The predicted octanol–water partition coefficient (Wildman–Crippen LogP) is 2.53. The van der Waals surface area contributed by atoms with Crippen molar-refractivity contribution >= 4 is 33.6 Å². The summed E-state index contributed by atoms with van der Waals surface area (Å²) in [7, 11) is 0. The number of aromatic nitrogens is 3. The lowest BCUT2D eigenvalue weighted by molar-refractivity contribution is 0.174. The Bertz CT molecular complexity index is 1140. The van der Waals surface area contributed by atoms with Gasteiger partial charge in [0.05, 0.1) is 10.9 Å². The predicted molar refractivity (Wildman–Crippen MR) is 95.5 cm³/mol. The van der Waals surface area contributed by atoms with E-state index in [0.29, 0.717) is 12.4 Å². The molecule has 4 aromatic rings.